The lowest BCUT2D eigenvalue weighted by Crippen LogP contribution is -2.45. The number of benzene rings is 1. The fraction of sp³-hybridized carbons (Fsp3) is 0.538. The van der Waals surface area contributed by atoms with Crippen LogP contribution in [0.4, 0.5) is 0 Å². The summed E-state index contributed by atoms with van der Waals surface area (Å²) >= 11 is 6.02. The molecular weight excluding hydrogens is 268 g/mol. The monoisotopic (exact) mass is 286 g/mol. The third-order valence-corrected chi connectivity index (χ3v) is 3.44. The van der Waals surface area contributed by atoms with Crippen LogP contribution in [0.2, 0.25) is 5.02 Å². The van der Waals surface area contributed by atoms with Gasteiger partial charge in [-0.2, -0.15) is 0 Å². The summed E-state index contributed by atoms with van der Waals surface area (Å²) in [5.74, 6) is 0.536. The van der Waals surface area contributed by atoms with Crippen molar-refractivity contribution >= 4 is 11.6 Å². The second kappa shape index (κ2) is 6.43. The Balaban J connectivity index is 2.12. The molecule has 1 aliphatic rings. The molecule has 0 radical (unpaired) electrons. The average Bonchev–Trinajstić information content (AvgIpc) is 2.42. The van der Waals surface area contributed by atoms with E-state index in [4.69, 9.17) is 26.8 Å². The summed E-state index contributed by atoms with van der Waals surface area (Å²) in [5.41, 5.74) is 6.37. The van der Waals surface area contributed by atoms with Crippen molar-refractivity contribution in [3.8, 4) is 11.5 Å². The second-order valence-electron chi connectivity index (χ2n) is 4.58. The zero-order chi connectivity index (χ0) is 13.8. The van der Waals surface area contributed by atoms with Crippen LogP contribution in [0, 0.1) is 0 Å². The molecule has 3 N–H and O–H groups in total. The van der Waals surface area contributed by atoms with Gasteiger partial charge in [-0.25, -0.2) is 0 Å². The van der Waals surface area contributed by atoms with E-state index in [1.807, 2.05) is 0 Å². The number of methoxy groups -OCH3 is 1. The fourth-order valence-electron chi connectivity index (χ4n) is 2.21. The van der Waals surface area contributed by atoms with E-state index in [9.17, 15) is 5.11 Å². The van der Waals surface area contributed by atoms with Crippen molar-refractivity contribution in [2.45, 2.75) is 12.6 Å². The standard InChI is InChI=1S/C13H19ClN2O3/c1-18-12-5-10(14)4-9(13(12)17)7-16-2-3-19-11(6-15)8-16/h4-5,11,17H,2-3,6-8,15H2,1H3. The van der Waals surface area contributed by atoms with Gasteiger partial charge < -0.3 is 20.3 Å². The summed E-state index contributed by atoms with van der Waals surface area (Å²) < 4.78 is 10.6. The van der Waals surface area contributed by atoms with E-state index in [1.54, 1.807) is 12.1 Å². The number of phenolic OH excluding ortho intramolecular Hbond substituents is 1. The minimum absolute atomic E-state index is 0.0528. The highest BCUT2D eigenvalue weighted by Gasteiger charge is 2.21. The molecule has 0 aromatic heterocycles. The molecule has 1 aromatic carbocycles. The van der Waals surface area contributed by atoms with Crippen LogP contribution >= 0.6 is 11.6 Å². The molecule has 5 nitrogen and oxygen atoms in total. The third kappa shape index (κ3) is 3.51. The Morgan fingerprint density at radius 1 is 1.58 bits per heavy atom. The number of aromatic hydroxyl groups is 1. The fourth-order valence-corrected chi connectivity index (χ4v) is 2.44. The van der Waals surface area contributed by atoms with Crippen molar-refractivity contribution in [1.82, 2.24) is 4.90 Å². The summed E-state index contributed by atoms with van der Waals surface area (Å²) in [7, 11) is 1.51. The molecule has 1 atom stereocenters. The minimum atomic E-state index is 0.0528. The van der Waals surface area contributed by atoms with E-state index >= 15 is 0 Å². The topological polar surface area (TPSA) is 68.0 Å². The lowest BCUT2D eigenvalue weighted by Gasteiger charge is -2.32. The van der Waals surface area contributed by atoms with Gasteiger partial charge in [0.1, 0.15) is 0 Å². The van der Waals surface area contributed by atoms with Gasteiger partial charge in [-0.3, -0.25) is 4.90 Å². The van der Waals surface area contributed by atoms with E-state index < -0.39 is 0 Å². The third-order valence-electron chi connectivity index (χ3n) is 3.22. The van der Waals surface area contributed by atoms with Crippen molar-refractivity contribution in [2.24, 2.45) is 5.73 Å². The van der Waals surface area contributed by atoms with E-state index in [2.05, 4.69) is 4.90 Å². The molecule has 1 unspecified atom stereocenters. The quantitative estimate of drug-likeness (QED) is 0.871. The number of halogens is 1. The molecule has 0 saturated carbocycles. The molecular formula is C13H19ClN2O3. The Bertz CT molecular complexity index is 442. The summed E-state index contributed by atoms with van der Waals surface area (Å²) in [4.78, 5) is 2.19. The van der Waals surface area contributed by atoms with Gasteiger partial charge >= 0.3 is 0 Å². The Morgan fingerprint density at radius 3 is 3.05 bits per heavy atom. The minimum Gasteiger partial charge on any atom is -0.504 e. The number of ether oxygens (including phenoxy) is 2. The van der Waals surface area contributed by atoms with Gasteiger partial charge in [0, 0.05) is 42.8 Å². The largest absolute Gasteiger partial charge is 0.504 e. The number of phenols is 1. The maximum atomic E-state index is 10.1. The Morgan fingerprint density at radius 2 is 2.37 bits per heavy atom. The number of hydrogen-bond acceptors (Lipinski definition) is 5. The molecule has 1 heterocycles. The lowest BCUT2D eigenvalue weighted by molar-refractivity contribution is -0.0262. The van der Waals surface area contributed by atoms with Crippen LogP contribution in [0.25, 0.3) is 0 Å². The summed E-state index contributed by atoms with van der Waals surface area (Å²) in [6.07, 6.45) is 0.0528. The van der Waals surface area contributed by atoms with Gasteiger partial charge in [-0.05, 0) is 6.07 Å². The first-order valence-corrected chi connectivity index (χ1v) is 6.61. The molecule has 1 aromatic rings. The van der Waals surface area contributed by atoms with Crippen molar-refractivity contribution in [1.29, 1.82) is 0 Å². The van der Waals surface area contributed by atoms with Crippen molar-refractivity contribution in [2.75, 3.05) is 33.4 Å². The van der Waals surface area contributed by atoms with Gasteiger partial charge in [0.2, 0.25) is 0 Å². The van der Waals surface area contributed by atoms with E-state index in [0.29, 0.717) is 30.5 Å². The molecule has 1 saturated heterocycles. The first kappa shape index (κ1) is 14.4. The molecule has 0 aliphatic carbocycles. The number of nitrogens with zero attached hydrogens (tertiary/aromatic N) is 1. The lowest BCUT2D eigenvalue weighted by atomic mass is 10.1. The highest BCUT2D eigenvalue weighted by atomic mass is 35.5. The zero-order valence-corrected chi connectivity index (χ0v) is 11.7. The first-order valence-electron chi connectivity index (χ1n) is 6.23. The van der Waals surface area contributed by atoms with E-state index in [-0.39, 0.29) is 11.9 Å². The SMILES string of the molecule is COc1cc(Cl)cc(CN2CCOC(CN)C2)c1O. The highest BCUT2D eigenvalue weighted by molar-refractivity contribution is 6.30. The molecule has 1 aliphatic heterocycles. The predicted octanol–water partition coefficient (Wildman–Crippen LogP) is 1.21. The van der Waals surface area contributed by atoms with Crippen LogP contribution in [0.1, 0.15) is 5.56 Å². The summed E-state index contributed by atoms with van der Waals surface area (Å²) in [6, 6.07) is 3.36. The second-order valence-corrected chi connectivity index (χ2v) is 5.02. The van der Waals surface area contributed by atoms with Crippen LogP contribution in [-0.2, 0) is 11.3 Å². The Labute approximate surface area is 117 Å². The normalized spacial score (nSPS) is 20.5. The van der Waals surface area contributed by atoms with Crippen LogP contribution in [0.15, 0.2) is 12.1 Å². The number of morpholine rings is 1. The number of nitrogens with two attached hydrogens (primary N) is 1. The van der Waals surface area contributed by atoms with Gasteiger partial charge in [-0.1, -0.05) is 11.6 Å². The molecule has 0 bridgehead atoms. The Hall–Kier alpha value is -1.01. The van der Waals surface area contributed by atoms with Gasteiger partial charge in [0.15, 0.2) is 11.5 Å². The van der Waals surface area contributed by atoms with Gasteiger partial charge in [0.05, 0.1) is 19.8 Å². The maximum absolute atomic E-state index is 10.1. The Kier molecular flexibility index (Phi) is 4.87. The molecule has 106 valence electrons. The number of rotatable bonds is 4. The summed E-state index contributed by atoms with van der Waals surface area (Å²) in [5, 5.41) is 10.7. The predicted molar refractivity (Wildman–Crippen MR) is 73.7 cm³/mol. The highest BCUT2D eigenvalue weighted by Crippen LogP contribution is 2.34. The molecule has 1 fully saturated rings. The smallest absolute Gasteiger partial charge is 0.162 e. The molecule has 6 heteroatoms. The average molecular weight is 287 g/mol. The van der Waals surface area contributed by atoms with Crippen molar-refractivity contribution < 1.29 is 14.6 Å². The van der Waals surface area contributed by atoms with E-state index in [1.165, 1.54) is 7.11 Å². The molecule has 0 spiro atoms. The van der Waals surface area contributed by atoms with E-state index in [0.717, 1.165) is 18.7 Å². The first-order chi connectivity index (χ1) is 9.13. The molecule has 19 heavy (non-hydrogen) atoms. The van der Waals surface area contributed by atoms with Crippen LogP contribution in [0.5, 0.6) is 11.5 Å². The van der Waals surface area contributed by atoms with Crippen molar-refractivity contribution in [3.05, 3.63) is 22.7 Å². The number of hydrogen-bond donors (Lipinski definition) is 2. The van der Waals surface area contributed by atoms with Crippen LogP contribution in [0.3, 0.4) is 0 Å². The molecule has 2 rings (SSSR count). The van der Waals surface area contributed by atoms with Crippen LogP contribution in [-0.4, -0.2) is 49.5 Å². The van der Waals surface area contributed by atoms with Gasteiger partial charge in [-0.15, -0.1) is 0 Å². The summed E-state index contributed by atoms with van der Waals surface area (Å²) in [6.45, 7) is 3.32. The molecule has 0 amide bonds. The maximum Gasteiger partial charge on any atom is 0.162 e. The zero-order valence-electron chi connectivity index (χ0n) is 10.9. The van der Waals surface area contributed by atoms with Crippen molar-refractivity contribution in [3.63, 3.8) is 0 Å². The van der Waals surface area contributed by atoms with Gasteiger partial charge in [0.25, 0.3) is 0 Å². The van der Waals surface area contributed by atoms with Crippen LogP contribution < -0.4 is 10.5 Å².